The fourth-order valence-corrected chi connectivity index (χ4v) is 4.60. The Bertz CT molecular complexity index is 1470. The second-order valence-corrected chi connectivity index (χ2v) is 10.2. The van der Waals surface area contributed by atoms with E-state index in [4.69, 9.17) is 9.47 Å². The monoisotopic (exact) mass is 527 g/mol. The largest absolute Gasteiger partial charge is 0.494 e. The number of halogens is 1. The molecular weight excluding hydrogens is 501 g/mol. The Morgan fingerprint density at radius 2 is 1.73 bits per heavy atom. The summed E-state index contributed by atoms with van der Waals surface area (Å²) in [6, 6.07) is 7.09. The molecule has 0 unspecified atom stereocenters. The van der Waals surface area contributed by atoms with Crippen LogP contribution in [-0.2, 0) is 22.9 Å². The molecule has 0 saturated carbocycles. The number of rotatable bonds is 10. The lowest BCUT2D eigenvalue weighted by Crippen LogP contribution is -2.29. The summed E-state index contributed by atoms with van der Waals surface area (Å²) in [5.41, 5.74) is 1.99. The molecule has 0 aliphatic carbocycles. The van der Waals surface area contributed by atoms with Crippen LogP contribution in [0.1, 0.15) is 25.2 Å². The number of benzene rings is 1. The number of hydrogen-bond donors (Lipinski definition) is 1. The van der Waals surface area contributed by atoms with Crippen LogP contribution >= 0.6 is 0 Å². The highest BCUT2D eigenvalue weighted by Gasteiger charge is 2.28. The first-order valence-electron chi connectivity index (χ1n) is 11.4. The summed E-state index contributed by atoms with van der Waals surface area (Å²) in [4.78, 5) is 12.0. The second kappa shape index (κ2) is 10.9. The van der Waals surface area contributed by atoms with Crippen molar-refractivity contribution in [2.75, 3.05) is 18.9 Å². The van der Waals surface area contributed by atoms with E-state index in [9.17, 15) is 12.8 Å². The van der Waals surface area contributed by atoms with Crippen molar-refractivity contribution in [1.29, 1.82) is 0 Å². The summed E-state index contributed by atoms with van der Waals surface area (Å²) in [5, 5.41) is 7.48. The predicted octanol–water partition coefficient (Wildman–Crippen LogP) is 3.21. The highest BCUT2D eigenvalue weighted by atomic mass is 32.2. The molecule has 0 aliphatic heterocycles. The predicted molar refractivity (Wildman–Crippen MR) is 135 cm³/mol. The lowest BCUT2D eigenvalue weighted by atomic mass is 10.1. The summed E-state index contributed by atoms with van der Waals surface area (Å²) >= 11 is 0. The van der Waals surface area contributed by atoms with Gasteiger partial charge in [-0.2, -0.15) is 0 Å². The molecule has 0 amide bonds. The Hall–Kier alpha value is -4.13. The molecule has 4 rings (SSSR count). The van der Waals surface area contributed by atoms with Gasteiger partial charge in [-0.1, -0.05) is 13.0 Å². The maximum Gasteiger partial charge on any atom is 0.243 e. The fraction of sp³-hybridized carbons (Fsp3) is 0.292. The number of aryl methyl sites for hydroxylation is 1. The zero-order valence-corrected chi connectivity index (χ0v) is 21.5. The van der Waals surface area contributed by atoms with E-state index in [2.05, 4.69) is 29.9 Å². The maximum atomic E-state index is 13.3. The number of pyridine rings is 1. The average Bonchev–Trinajstić information content (AvgIpc) is 3.31. The van der Waals surface area contributed by atoms with Crippen molar-refractivity contribution in [3.63, 3.8) is 0 Å². The topological polar surface area (TPSA) is 134 Å². The summed E-state index contributed by atoms with van der Waals surface area (Å²) in [6.07, 6.45) is 6.05. The van der Waals surface area contributed by atoms with Gasteiger partial charge in [0.2, 0.25) is 16.0 Å². The van der Waals surface area contributed by atoms with Crippen LogP contribution in [0, 0.1) is 5.82 Å². The van der Waals surface area contributed by atoms with Crippen LogP contribution in [0.5, 0.6) is 11.5 Å². The third-order valence-electron chi connectivity index (χ3n) is 5.66. The Morgan fingerprint density at radius 3 is 2.35 bits per heavy atom. The zero-order valence-electron chi connectivity index (χ0n) is 20.7. The van der Waals surface area contributed by atoms with Gasteiger partial charge in [-0.05, 0) is 37.1 Å². The lowest BCUT2D eigenvalue weighted by molar-refractivity contribution is 0.391. The second-order valence-electron chi connectivity index (χ2n) is 8.11. The molecule has 0 fully saturated rings. The van der Waals surface area contributed by atoms with Crippen molar-refractivity contribution in [3.8, 4) is 28.6 Å². The molecule has 37 heavy (non-hydrogen) atoms. The molecule has 4 aromatic rings. The first kappa shape index (κ1) is 25.9. The van der Waals surface area contributed by atoms with Crippen molar-refractivity contribution >= 4 is 16.0 Å². The maximum absolute atomic E-state index is 13.3. The molecule has 3 aromatic heterocycles. The molecule has 194 valence electrons. The molecule has 3 heterocycles. The van der Waals surface area contributed by atoms with Gasteiger partial charge in [0.05, 0.1) is 31.9 Å². The van der Waals surface area contributed by atoms with Crippen molar-refractivity contribution < 1.29 is 22.3 Å². The Balaban J connectivity index is 1.82. The van der Waals surface area contributed by atoms with Crippen LogP contribution in [0.2, 0.25) is 0 Å². The third-order valence-corrected chi connectivity index (χ3v) is 7.35. The number of anilines is 1. The zero-order chi connectivity index (χ0) is 26.6. The van der Waals surface area contributed by atoms with E-state index >= 15 is 0 Å². The van der Waals surface area contributed by atoms with Gasteiger partial charge in [0.25, 0.3) is 0 Å². The minimum atomic E-state index is -4.02. The molecule has 0 aliphatic rings. The van der Waals surface area contributed by atoms with Crippen molar-refractivity contribution in [2.24, 2.45) is 0 Å². The molecule has 1 N–H and O–H groups in total. The van der Waals surface area contributed by atoms with Crippen molar-refractivity contribution in [2.45, 2.75) is 31.9 Å². The van der Waals surface area contributed by atoms with Crippen molar-refractivity contribution in [3.05, 3.63) is 66.3 Å². The molecule has 13 heteroatoms. The quantitative estimate of drug-likeness (QED) is 0.330. The normalized spacial score (nSPS) is 12.2. The lowest BCUT2D eigenvalue weighted by Gasteiger charge is -2.19. The van der Waals surface area contributed by atoms with E-state index in [-0.39, 0.29) is 18.2 Å². The summed E-state index contributed by atoms with van der Waals surface area (Å²) in [6.45, 7) is 3.50. The van der Waals surface area contributed by atoms with E-state index in [1.54, 1.807) is 30.6 Å². The van der Waals surface area contributed by atoms with Gasteiger partial charge in [-0.25, -0.2) is 22.8 Å². The molecule has 0 radical (unpaired) electrons. The number of para-hydroxylation sites is 1. The highest BCUT2D eigenvalue weighted by molar-refractivity contribution is 7.93. The number of ether oxygens (including phenoxy) is 2. The summed E-state index contributed by atoms with van der Waals surface area (Å²) in [7, 11) is -1.02. The number of hydrogen-bond acceptors (Lipinski definition) is 9. The third kappa shape index (κ3) is 5.50. The SMILES string of the molecule is CCc1cncc(-c2nnc(NS(=O)(=O)[C@H](C)Cc3ncc(F)cn3)n2-c2c(OC)cccc2OC)c1. The van der Waals surface area contributed by atoms with Crippen LogP contribution in [0.3, 0.4) is 0 Å². The fourth-order valence-electron chi connectivity index (χ4n) is 3.64. The molecule has 0 saturated heterocycles. The first-order chi connectivity index (χ1) is 17.8. The smallest absolute Gasteiger partial charge is 0.243 e. The van der Waals surface area contributed by atoms with E-state index in [0.29, 0.717) is 28.6 Å². The molecule has 0 bridgehead atoms. The number of nitrogens with zero attached hydrogens (tertiary/aromatic N) is 6. The Kier molecular flexibility index (Phi) is 7.62. The molecule has 0 spiro atoms. The van der Waals surface area contributed by atoms with Crippen LogP contribution in [-0.4, -0.2) is 57.6 Å². The van der Waals surface area contributed by atoms with Crippen molar-refractivity contribution in [1.82, 2.24) is 29.7 Å². The minimum Gasteiger partial charge on any atom is -0.494 e. The molecule has 1 atom stereocenters. The van der Waals surface area contributed by atoms with Gasteiger partial charge in [0.1, 0.15) is 23.0 Å². The molecule has 1 aromatic carbocycles. The van der Waals surface area contributed by atoms with E-state index in [0.717, 1.165) is 24.4 Å². The standard InChI is InChI=1S/C24H26FN7O4S/c1-5-16-10-17(12-26-11-16)23-29-30-24(32(23)22-19(35-3)7-6-8-20(22)36-4)31-37(33,34)15(2)9-21-27-13-18(25)14-28-21/h6-8,10-15H,5,9H2,1-4H3,(H,30,31)/t15-/m1/s1. The number of sulfonamides is 1. The minimum absolute atomic E-state index is 0.0446. The van der Waals surface area contributed by atoms with Crippen LogP contribution < -0.4 is 14.2 Å². The van der Waals surface area contributed by atoms with E-state index in [1.807, 2.05) is 13.0 Å². The molecule has 11 nitrogen and oxygen atoms in total. The van der Waals surface area contributed by atoms with Gasteiger partial charge < -0.3 is 9.47 Å². The van der Waals surface area contributed by atoms with Crippen LogP contribution in [0.15, 0.2) is 49.1 Å². The Labute approximate surface area is 213 Å². The summed E-state index contributed by atoms with van der Waals surface area (Å²) in [5.74, 6) is 0.659. The Morgan fingerprint density at radius 1 is 1.05 bits per heavy atom. The van der Waals surface area contributed by atoms with Gasteiger partial charge in [0.15, 0.2) is 11.6 Å². The van der Waals surface area contributed by atoms with E-state index < -0.39 is 21.1 Å². The van der Waals surface area contributed by atoms with Gasteiger partial charge >= 0.3 is 0 Å². The first-order valence-corrected chi connectivity index (χ1v) is 12.9. The summed E-state index contributed by atoms with van der Waals surface area (Å²) < 4.78 is 55.0. The highest BCUT2D eigenvalue weighted by Crippen LogP contribution is 2.37. The van der Waals surface area contributed by atoms with E-state index in [1.165, 1.54) is 25.7 Å². The average molecular weight is 528 g/mol. The number of aromatic nitrogens is 6. The van der Waals surface area contributed by atoms with Gasteiger partial charge in [-0.3, -0.25) is 14.3 Å². The number of methoxy groups -OCH3 is 2. The molecular formula is C24H26FN7O4S. The van der Waals surface area contributed by atoms with Crippen LogP contribution in [0.4, 0.5) is 10.3 Å². The number of nitrogens with one attached hydrogen (secondary N) is 1. The van der Waals surface area contributed by atoms with Gasteiger partial charge in [0, 0.05) is 24.4 Å². The van der Waals surface area contributed by atoms with Crippen LogP contribution in [0.25, 0.3) is 17.1 Å². The van der Waals surface area contributed by atoms with Gasteiger partial charge in [-0.15, -0.1) is 10.2 Å².